The molecule has 0 saturated heterocycles. The van der Waals surface area contributed by atoms with Crippen molar-refractivity contribution in [1.82, 2.24) is 4.90 Å². The average molecular weight is 387 g/mol. The van der Waals surface area contributed by atoms with E-state index in [-0.39, 0.29) is 17.3 Å². The van der Waals surface area contributed by atoms with Gasteiger partial charge in [-0.2, -0.15) is 8.78 Å². The first kappa shape index (κ1) is 19.3. The summed E-state index contributed by atoms with van der Waals surface area (Å²) in [6.45, 7) is -1.41. The number of alkyl halides is 2. The Labute approximate surface area is 159 Å². The maximum atomic E-state index is 14.0. The lowest BCUT2D eigenvalue weighted by atomic mass is 9.82. The van der Waals surface area contributed by atoms with Crippen molar-refractivity contribution >= 4 is 11.9 Å². The lowest BCUT2D eigenvalue weighted by Crippen LogP contribution is -2.41. The van der Waals surface area contributed by atoms with Gasteiger partial charge >= 0.3 is 6.61 Å². The summed E-state index contributed by atoms with van der Waals surface area (Å²) in [5, 5.41) is 0. The van der Waals surface area contributed by atoms with E-state index >= 15 is 0 Å². The predicted octanol–water partition coefficient (Wildman–Crippen LogP) is 2.83. The molecule has 0 fully saturated rings. The number of ether oxygens (including phenoxy) is 1. The van der Waals surface area contributed by atoms with Crippen LogP contribution in [0.2, 0.25) is 0 Å². The maximum Gasteiger partial charge on any atom is 0.387 e. The highest BCUT2D eigenvalue weighted by Gasteiger charge is 2.49. The average Bonchev–Trinajstić information content (AvgIpc) is 2.89. The second-order valence-electron chi connectivity index (χ2n) is 6.02. The predicted molar refractivity (Wildman–Crippen MR) is 97.2 cm³/mol. The third kappa shape index (κ3) is 3.16. The van der Waals surface area contributed by atoms with Crippen LogP contribution in [-0.2, 0) is 10.3 Å². The molecule has 1 atom stereocenters. The van der Waals surface area contributed by atoms with Gasteiger partial charge in [0.15, 0.2) is 11.5 Å². The van der Waals surface area contributed by atoms with Gasteiger partial charge in [0.2, 0.25) is 0 Å². The molecule has 1 aliphatic rings. The first-order chi connectivity index (χ1) is 13.3. The first-order valence-corrected chi connectivity index (χ1v) is 8.21. The second kappa shape index (κ2) is 7.27. The van der Waals surface area contributed by atoms with Crippen LogP contribution in [0.3, 0.4) is 0 Å². The molecule has 3 rings (SSSR count). The van der Waals surface area contributed by atoms with Crippen molar-refractivity contribution < 1.29 is 22.7 Å². The second-order valence-corrected chi connectivity index (χ2v) is 6.02. The topological polar surface area (TPSA) is 67.9 Å². The van der Waals surface area contributed by atoms with Crippen LogP contribution in [0.1, 0.15) is 23.6 Å². The molecule has 1 aliphatic heterocycles. The van der Waals surface area contributed by atoms with E-state index in [2.05, 4.69) is 21.6 Å². The number of likely N-dealkylation sites (N-methyl/N-ethyl adjacent to an activating group) is 1. The number of amides is 1. The lowest BCUT2D eigenvalue weighted by molar-refractivity contribution is -0.129. The number of nitrogens with two attached hydrogens (primary N) is 1. The molecule has 144 valence electrons. The Morgan fingerprint density at radius 3 is 2.36 bits per heavy atom. The van der Waals surface area contributed by atoms with Crippen molar-refractivity contribution in [3.63, 3.8) is 0 Å². The van der Waals surface area contributed by atoms with Gasteiger partial charge in [-0.15, -0.1) is 5.92 Å². The smallest absolute Gasteiger partial charge is 0.387 e. The fourth-order valence-electron chi connectivity index (χ4n) is 3.04. The molecule has 8 heteroatoms. The van der Waals surface area contributed by atoms with E-state index < -0.39 is 23.9 Å². The molecule has 0 radical (unpaired) electrons. The summed E-state index contributed by atoms with van der Waals surface area (Å²) < 4.78 is 43.2. The molecule has 0 bridgehead atoms. The summed E-state index contributed by atoms with van der Waals surface area (Å²) >= 11 is 0. The van der Waals surface area contributed by atoms with Crippen molar-refractivity contribution in [1.29, 1.82) is 0 Å². The van der Waals surface area contributed by atoms with Crippen LogP contribution in [0, 0.1) is 17.7 Å². The van der Waals surface area contributed by atoms with E-state index in [0.29, 0.717) is 11.1 Å². The van der Waals surface area contributed by atoms with Crippen molar-refractivity contribution in [3.8, 4) is 17.6 Å². The maximum absolute atomic E-state index is 14.0. The zero-order valence-electron chi connectivity index (χ0n) is 15.0. The molecule has 2 aromatic rings. The molecule has 0 saturated carbocycles. The lowest BCUT2D eigenvalue weighted by Gasteiger charge is -2.26. The van der Waals surface area contributed by atoms with Gasteiger partial charge in [0.05, 0.1) is 5.56 Å². The summed E-state index contributed by atoms with van der Waals surface area (Å²) in [6, 6.07) is 9.55. The first-order valence-electron chi connectivity index (χ1n) is 8.21. The van der Waals surface area contributed by atoms with Gasteiger partial charge in [-0.05, 0) is 42.3 Å². The Hall–Kier alpha value is -3.47. The number of rotatable bonds is 4. The summed E-state index contributed by atoms with van der Waals surface area (Å²) in [7, 11) is 1.47. The van der Waals surface area contributed by atoms with Gasteiger partial charge < -0.3 is 10.5 Å². The van der Waals surface area contributed by atoms with Gasteiger partial charge in [-0.3, -0.25) is 9.69 Å². The van der Waals surface area contributed by atoms with Crippen molar-refractivity contribution in [3.05, 3.63) is 65.0 Å². The Kier molecular flexibility index (Phi) is 5.01. The van der Waals surface area contributed by atoms with Crippen LogP contribution in [0.25, 0.3) is 0 Å². The summed E-state index contributed by atoms with van der Waals surface area (Å²) in [4.78, 5) is 18.6. The number of nitrogens with zero attached hydrogens (tertiary/aromatic N) is 2. The molecule has 2 N–H and O–H groups in total. The van der Waals surface area contributed by atoms with E-state index in [1.165, 1.54) is 54.4 Å². The minimum absolute atomic E-state index is 0.0228. The van der Waals surface area contributed by atoms with Gasteiger partial charge in [-0.25, -0.2) is 9.38 Å². The molecule has 0 aromatic heterocycles. The molecule has 28 heavy (non-hydrogen) atoms. The Morgan fingerprint density at radius 1 is 1.18 bits per heavy atom. The molecule has 1 amide bonds. The summed E-state index contributed by atoms with van der Waals surface area (Å²) in [6.07, 6.45) is 0. The van der Waals surface area contributed by atoms with Crippen LogP contribution in [0.15, 0.2) is 47.5 Å². The normalized spacial score (nSPS) is 18.7. The molecule has 2 aromatic carbocycles. The van der Waals surface area contributed by atoms with Crippen LogP contribution in [0.5, 0.6) is 5.75 Å². The molecule has 0 aliphatic carbocycles. The van der Waals surface area contributed by atoms with Crippen LogP contribution in [-0.4, -0.2) is 30.4 Å². The zero-order valence-corrected chi connectivity index (χ0v) is 15.0. The molecule has 1 heterocycles. The standard InChI is InChI=1S/C20H16F3N3O2/c1-3-4-12-11-14(7-10-16(12)21)20(17(27)26(2)19(24)25-20)13-5-8-15(9-6-13)28-18(22)23/h5-11,18H,1-2H3,(H2,24,25). The van der Waals surface area contributed by atoms with Crippen molar-refractivity contribution in [2.75, 3.05) is 7.05 Å². The molecule has 0 spiro atoms. The minimum atomic E-state index is -2.97. The largest absolute Gasteiger partial charge is 0.435 e. The number of carbonyl (C=O) groups is 1. The van der Waals surface area contributed by atoms with E-state index in [1.54, 1.807) is 6.92 Å². The van der Waals surface area contributed by atoms with Crippen LogP contribution < -0.4 is 10.5 Å². The Bertz CT molecular complexity index is 1010. The highest BCUT2D eigenvalue weighted by Crippen LogP contribution is 2.40. The van der Waals surface area contributed by atoms with Gasteiger partial charge in [0.25, 0.3) is 5.91 Å². The quantitative estimate of drug-likeness (QED) is 0.821. The Morgan fingerprint density at radius 2 is 1.82 bits per heavy atom. The number of benzene rings is 2. The number of hydrogen-bond donors (Lipinski definition) is 1. The van der Waals surface area contributed by atoms with E-state index in [0.717, 1.165) is 0 Å². The number of carbonyl (C=O) groups excluding carboxylic acids is 1. The zero-order chi connectivity index (χ0) is 20.5. The summed E-state index contributed by atoms with van der Waals surface area (Å²) in [5.74, 6) is 4.17. The SMILES string of the molecule is CC#Cc1cc(C2(c3ccc(OC(F)F)cc3)N=C(N)N(C)C2=O)ccc1F. The highest BCUT2D eigenvalue weighted by molar-refractivity contribution is 6.08. The van der Waals surface area contributed by atoms with E-state index in [1.807, 2.05) is 0 Å². The Balaban J connectivity index is 2.20. The van der Waals surface area contributed by atoms with E-state index in [4.69, 9.17) is 5.73 Å². The number of aliphatic imine (C=N–C) groups is 1. The fourth-order valence-corrected chi connectivity index (χ4v) is 3.04. The minimum Gasteiger partial charge on any atom is -0.435 e. The summed E-state index contributed by atoms with van der Waals surface area (Å²) in [5.41, 5.74) is 5.11. The van der Waals surface area contributed by atoms with Gasteiger partial charge in [0.1, 0.15) is 11.6 Å². The number of guanidine groups is 1. The third-order valence-corrected chi connectivity index (χ3v) is 4.38. The van der Waals surface area contributed by atoms with E-state index in [9.17, 15) is 18.0 Å². The fraction of sp³-hybridized carbons (Fsp3) is 0.200. The monoisotopic (exact) mass is 387 g/mol. The molecule has 5 nitrogen and oxygen atoms in total. The van der Waals surface area contributed by atoms with Gasteiger partial charge in [-0.1, -0.05) is 24.1 Å². The molecular formula is C20H16F3N3O2. The number of hydrogen-bond acceptors (Lipinski definition) is 4. The van der Waals surface area contributed by atoms with Gasteiger partial charge in [0, 0.05) is 7.05 Å². The highest BCUT2D eigenvalue weighted by atomic mass is 19.3. The molecular weight excluding hydrogens is 371 g/mol. The van der Waals surface area contributed by atoms with Crippen LogP contribution >= 0.6 is 0 Å². The number of halogens is 3. The van der Waals surface area contributed by atoms with Crippen LogP contribution in [0.4, 0.5) is 13.2 Å². The third-order valence-electron chi connectivity index (χ3n) is 4.38. The van der Waals surface area contributed by atoms with Crippen molar-refractivity contribution in [2.24, 2.45) is 10.7 Å². The molecule has 1 unspecified atom stereocenters. The van der Waals surface area contributed by atoms with Crippen molar-refractivity contribution in [2.45, 2.75) is 19.1 Å².